The molecule has 0 amide bonds. The Labute approximate surface area is 168 Å². The van der Waals surface area contributed by atoms with Crippen molar-refractivity contribution in [2.24, 2.45) is 17.6 Å². The number of hydrogen-bond acceptors (Lipinski definition) is 6. The van der Waals surface area contributed by atoms with E-state index in [1.54, 1.807) is 21.9 Å². The fraction of sp³-hybridized carbons (Fsp3) is 0.353. The van der Waals surface area contributed by atoms with Gasteiger partial charge < -0.3 is 16.6 Å². The molecule has 142 valence electrons. The number of carboxylic acid groups (broad SMARTS) is 1. The van der Waals surface area contributed by atoms with E-state index in [0.29, 0.717) is 45.4 Å². The lowest BCUT2D eigenvalue weighted by Gasteiger charge is -2.08. The predicted octanol–water partition coefficient (Wildman–Crippen LogP) is 3.50. The summed E-state index contributed by atoms with van der Waals surface area (Å²) in [7, 11) is 0. The third kappa shape index (κ3) is 3.06. The number of rotatable bonds is 2. The van der Waals surface area contributed by atoms with Gasteiger partial charge in [0.15, 0.2) is 5.82 Å². The molecular weight excluding hydrogens is 409 g/mol. The minimum atomic E-state index is -0.250. The normalized spacial score (nSPS) is 25.7. The first-order chi connectivity index (χ1) is 13.0. The first-order valence-corrected chi connectivity index (χ1v) is 9.96. The predicted molar refractivity (Wildman–Crippen MR) is 106 cm³/mol. The van der Waals surface area contributed by atoms with Crippen molar-refractivity contribution >= 4 is 51.8 Å². The molecule has 27 heavy (non-hydrogen) atoms. The van der Waals surface area contributed by atoms with Gasteiger partial charge >= 0.3 is 0 Å². The van der Waals surface area contributed by atoms with E-state index in [1.165, 1.54) is 0 Å². The third-order valence-electron chi connectivity index (χ3n) is 5.32. The largest absolute Gasteiger partial charge is 0.483 e. The monoisotopic (exact) mass is 425 g/mol. The van der Waals surface area contributed by atoms with E-state index in [9.17, 15) is 0 Å². The molecule has 10 heteroatoms. The lowest BCUT2D eigenvalue weighted by atomic mass is 10.0. The molecule has 3 aromatic rings. The van der Waals surface area contributed by atoms with Crippen LogP contribution in [0.25, 0.3) is 16.2 Å². The number of fused-ring (bicyclic) bond motifs is 2. The minimum Gasteiger partial charge on any atom is -0.483 e. The summed E-state index contributed by atoms with van der Waals surface area (Å²) in [6.45, 7) is -0.250. The van der Waals surface area contributed by atoms with Crippen LogP contribution in [0.1, 0.15) is 23.8 Å². The summed E-state index contributed by atoms with van der Waals surface area (Å²) in [6, 6.07) is 5.86. The Bertz CT molecular complexity index is 1010. The molecule has 0 radical (unpaired) electrons. The number of aromatic nitrogens is 3. The van der Waals surface area contributed by atoms with Crippen LogP contribution in [0.2, 0.25) is 10.0 Å². The van der Waals surface area contributed by atoms with Gasteiger partial charge in [-0.05, 0) is 30.7 Å². The topological polar surface area (TPSA) is 120 Å². The van der Waals surface area contributed by atoms with Gasteiger partial charge in [-0.15, -0.1) is 0 Å². The van der Waals surface area contributed by atoms with E-state index in [2.05, 4.69) is 4.98 Å². The molecule has 2 saturated carbocycles. The molecule has 4 atom stereocenters. The van der Waals surface area contributed by atoms with E-state index in [4.69, 9.17) is 49.7 Å². The lowest BCUT2D eigenvalue weighted by molar-refractivity contribution is -0.122. The van der Waals surface area contributed by atoms with E-state index in [0.717, 1.165) is 28.4 Å². The number of hydrogen-bond donors (Lipinski definition) is 3. The highest BCUT2D eigenvalue weighted by Gasteiger charge is 2.54. The van der Waals surface area contributed by atoms with Crippen LogP contribution in [-0.2, 0) is 4.79 Å². The fourth-order valence-electron chi connectivity index (χ4n) is 3.92. The molecule has 7 nitrogen and oxygen atoms in total. The van der Waals surface area contributed by atoms with E-state index >= 15 is 0 Å². The first-order valence-electron chi connectivity index (χ1n) is 8.39. The molecule has 2 aliphatic carbocycles. The van der Waals surface area contributed by atoms with Crippen molar-refractivity contribution in [1.82, 2.24) is 14.6 Å². The zero-order valence-corrected chi connectivity index (χ0v) is 16.4. The van der Waals surface area contributed by atoms with Crippen LogP contribution in [0.15, 0.2) is 18.2 Å². The second kappa shape index (κ2) is 6.94. The first kappa shape index (κ1) is 18.5. The third-order valence-corrected chi connectivity index (χ3v) is 7.21. The van der Waals surface area contributed by atoms with Crippen molar-refractivity contribution in [2.75, 3.05) is 5.73 Å². The van der Waals surface area contributed by atoms with E-state index in [-0.39, 0.29) is 6.47 Å². The van der Waals surface area contributed by atoms with Crippen LogP contribution in [0.3, 0.4) is 0 Å². The highest BCUT2D eigenvalue weighted by molar-refractivity contribution is 7.16. The zero-order chi connectivity index (χ0) is 19.3. The van der Waals surface area contributed by atoms with Crippen molar-refractivity contribution in [1.29, 1.82) is 0 Å². The van der Waals surface area contributed by atoms with Crippen LogP contribution in [0.5, 0.6) is 0 Å². The number of anilines is 1. The molecule has 0 aliphatic heterocycles. The van der Waals surface area contributed by atoms with Gasteiger partial charge in [-0.1, -0.05) is 46.7 Å². The van der Waals surface area contributed by atoms with Crippen molar-refractivity contribution < 1.29 is 9.90 Å². The van der Waals surface area contributed by atoms with Crippen molar-refractivity contribution in [2.45, 2.75) is 24.8 Å². The molecule has 2 heterocycles. The molecule has 5 N–H and O–H groups in total. The van der Waals surface area contributed by atoms with Gasteiger partial charge in [-0.2, -0.15) is 9.61 Å². The number of benzene rings is 1. The Hall–Kier alpha value is -1.87. The summed E-state index contributed by atoms with van der Waals surface area (Å²) in [4.78, 5) is 13.8. The van der Waals surface area contributed by atoms with E-state index in [1.807, 2.05) is 12.1 Å². The van der Waals surface area contributed by atoms with Crippen LogP contribution in [0, 0.1) is 11.8 Å². The highest BCUT2D eigenvalue weighted by atomic mass is 35.5. The molecular formula is C17H17Cl2N5O2S. The molecule has 2 aromatic heterocycles. The Kier molecular flexibility index (Phi) is 4.75. The molecule has 2 unspecified atom stereocenters. The smallest absolute Gasteiger partial charge is 0.290 e. The number of halogens is 2. The van der Waals surface area contributed by atoms with Gasteiger partial charge in [0.25, 0.3) is 6.47 Å². The number of nitrogens with zero attached hydrogens (tertiary/aromatic N) is 3. The molecule has 2 aliphatic rings. The summed E-state index contributed by atoms with van der Waals surface area (Å²) in [5.74, 6) is 2.36. The lowest BCUT2D eigenvalue weighted by Crippen LogP contribution is -2.10. The number of carbonyl (C=O) groups is 1. The van der Waals surface area contributed by atoms with Gasteiger partial charge in [-0.3, -0.25) is 4.79 Å². The fourth-order valence-corrected chi connectivity index (χ4v) is 5.34. The number of imidazole rings is 1. The molecule has 1 aromatic carbocycles. The van der Waals surface area contributed by atoms with Gasteiger partial charge in [0.1, 0.15) is 10.7 Å². The van der Waals surface area contributed by atoms with Gasteiger partial charge in [0.2, 0.25) is 4.96 Å². The van der Waals surface area contributed by atoms with Crippen molar-refractivity contribution in [3.8, 4) is 11.3 Å². The molecule has 0 spiro atoms. The average molecular weight is 426 g/mol. The number of nitrogens with two attached hydrogens (primary N) is 2. The Morgan fingerprint density at radius 1 is 1.30 bits per heavy atom. The Morgan fingerprint density at radius 3 is 2.59 bits per heavy atom. The molecule has 0 saturated heterocycles. The van der Waals surface area contributed by atoms with E-state index < -0.39 is 0 Å². The average Bonchev–Trinajstić information content (AvgIpc) is 3.07. The minimum absolute atomic E-state index is 0.250. The second-order valence-corrected chi connectivity index (χ2v) is 8.53. The Balaban J connectivity index is 0.000000565. The van der Waals surface area contributed by atoms with Crippen LogP contribution in [-0.4, -0.2) is 32.2 Å². The summed E-state index contributed by atoms with van der Waals surface area (Å²) < 4.78 is 1.72. The van der Waals surface area contributed by atoms with Crippen LogP contribution in [0.4, 0.5) is 5.82 Å². The summed E-state index contributed by atoms with van der Waals surface area (Å²) in [6.07, 6.45) is 2.27. The number of nitrogen functional groups attached to an aromatic ring is 1. The SMILES string of the molecule is Nc1c(-c2cccc(Cl)c2Cl)nc2sc(C3C[C@@H]4C(N)[C@@H]4C3)nn12.O=CO. The summed E-state index contributed by atoms with van der Waals surface area (Å²) in [5.41, 5.74) is 13.7. The van der Waals surface area contributed by atoms with Crippen molar-refractivity contribution in [3.63, 3.8) is 0 Å². The summed E-state index contributed by atoms with van der Waals surface area (Å²) in [5, 5.41) is 13.6. The standard InChI is InChI=1S/C16H15Cl2N5S.CH2O2/c17-10-3-1-2-7(11(10)18)13-14(20)23-16(21-13)24-15(22-23)6-4-8-9(5-6)12(8)19;2-1-3/h1-3,6,8-9,12H,4-5,19-20H2;1H,(H,2,3)/t6?,8-,9+,12?;. The van der Waals surface area contributed by atoms with Gasteiger partial charge in [-0.25, -0.2) is 4.98 Å². The molecule has 0 bridgehead atoms. The maximum atomic E-state index is 8.36. The van der Waals surface area contributed by atoms with Gasteiger partial charge in [0, 0.05) is 17.5 Å². The van der Waals surface area contributed by atoms with Crippen LogP contribution < -0.4 is 11.5 Å². The summed E-state index contributed by atoms with van der Waals surface area (Å²) >= 11 is 14.0. The van der Waals surface area contributed by atoms with Crippen LogP contribution >= 0.6 is 34.5 Å². The molecule has 5 rings (SSSR count). The maximum Gasteiger partial charge on any atom is 0.290 e. The molecule has 2 fully saturated rings. The van der Waals surface area contributed by atoms with Gasteiger partial charge in [0.05, 0.1) is 10.0 Å². The zero-order valence-electron chi connectivity index (χ0n) is 14.0. The second-order valence-electron chi connectivity index (χ2n) is 6.76. The highest BCUT2D eigenvalue weighted by Crippen LogP contribution is 2.57. The Morgan fingerprint density at radius 2 is 1.96 bits per heavy atom. The van der Waals surface area contributed by atoms with Crippen molar-refractivity contribution in [3.05, 3.63) is 33.3 Å². The maximum absolute atomic E-state index is 8.36. The quantitative estimate of drug-likeness (QED) is 0.540.